The highest BCUT2D eigenvalue weighted by Crippen LogP contribution is 2.32. The number of hydrogen-bond acceptors (Lipinski definition) is 4. The van der Waals surface area contributed by atoms with Gasteiger partial charge in [0.25, 0.3) is 0 Å². The van der Waals surface area contributed by atoms with E-state index in [1.165, 1.54) is 13.2 Å². The summed E-state index contributed by atoms with van der Waals surface area (Å²) in [5.41, 5.74) is 7.35. The lowest BCUT2D eigenvalue weighted by Crippen LogP contribution is -2.16. The van der Waals surface area contributed by atoms with Crippen LogP contribution in [-0.2, 0) is 6.42 Å². The van der Waals surface area contributed by atoms with Crippen LogP contribution in [0.1, 0.15) is 17.2 Å². The fourth-order valence-corrected chi connectivity index (χ4v) is 1.57. The summed E-state index contributed by atoms with van der Waals surface area (Å²) in [6.45, 7) is 3.48. The summed E-state index contributed by atoms with van der Waals surface area (Å²) < 4.78 is 5.01. The highest BCUT2D eigenvalue weighted by molar-refractivity contribution is 5.48. The van der Waals surface area contributed by atoms with Crippen LogP contribution in [0.15, 0.2) is 24.8 Å². The summed E-state index contributed by atoms with van der Waals surface area (Å²) in [7, 11) is 1.48. The molecule has 4 N–H and O–H groups in total. The maximum absolute atomic E-state index is 9.64. The largest absolute Gasteiger partial charge is 0.504 e. The first-order valence-corrected chi connectivity index (χ1v) is 5.01. The Morgan fingerprint density at radius 3 is 2.75 bits per heavy atom. The normalized spacial score (nSPS) is 12.2. The fourth-order valence-electron chi connectivity index (χ4n) is 1.57. The summed E-state index contributed by atoms with van der Waals surface area (Å²) in [6, 6.07) is 2.73. The monoisotopic (exact) mass is 223 g/mol. The average Bonchev–Trinajstić information content (AvgIpc) is 2.30. The predicted octanol–water partition coefficient (Wildman–Crippen LogP) is 1.12. The number of rotatable bonds is 5. The molecule has 0 radical (unpaired) electrons. The van der Waals surface area contributed by atoms with Crippen molar-refractivity contribution in [2.24, 2.45) is 5.73 Å². The third-order valence-corrected chi connectivity index (χ3v) is 2.40. The minimum absolute atomic E-state index is 0.0224. The quantitative estimate of drug-likeness (QED) is 0.654. The molecule has 1 rings (SSSR count). The van der Waals surface area contributed by atoms with E-state index in [0.717, 1.165) is 5.56 Å². The van der Waals surface area contributed by atoms with Gasteiger partial charge in [-0.15, -0.1) is 6.58 Å². The molecule has 0 saturated carbocycles. The number of aliphatic hydroxyl groups is 1. The van der Waals surface area contributed by atoms with Gasteiger partial charge in [0, 0.05) is 0 Å². The van der Waals surface area contributed by atoms with E-state index < -0.39 is 6.04 Å². The van der Waals surface area contributed by atoms with Crippen LogP contribution < -0.4 is 10.5 Å². The Hall–Kier alpha value is -1.52. The summed E-state index contributed by atoms with van der Waals surface area (Å²) in [6.07, 6.45) is 2.35. The smallest absolute Gasteiger partial charge is 0.160 e. The zero-order valence-electron chi connectivity index (χ0n) is 9.31. The highest BCUT2D eigenvalue weighted by atomic mass is 16.5. The fraction of sp³-hybridized carbons (Fsp3) is 0.333. The van der Waals surface area contributed by atoms with Gasteiger partial charge in [0.05, 0.1) is 19.8 Å². The van der Waals surface area contributed by atoms with Crippen LogP contribution in [0.2, 0.25) is 0 Å². The molecule has 4 heteroatoms. The molecule has 0 aromatic heterocycles. The van der Waals surface area contributed by atoms with Gasteiger partial charge in [-0.2, -0.15) is 0 Å². The van der Waals surface area contributed by atoms with E-state index in [9.17, 15) is 5.11 Å². The molecule has 0 heterocycles. The summed E-state index contributed by atoms with van der Waals surface area (Å²) in [4.78, 5) is 0. The second kappa shape index (κ2) is 5.53. The number of methoxy groups -OCH3 is 1. The van der Waals surface area contributed by atoms with Crippen LogP contribution >= 0.6 is 0 Å². The van der Waals surface area contributed by atoms with Gasteiger partial charge in [0.2, 0.25) is 0 Å². The van der Waals surface area contributed by atoms with Crippen molar-refractivity contribution in [2.45, 2.75) is 12.5 Å². The van der Waals surface area contributed by atoms with Crippen LogP contribution in [0, 0.1) is 0 Å². The van der Waals surface area contributed by atoms with Crippen LogP contribution in [0.3, 0.4) is 0 Å². The minimum atomic E-state index is -0.508. The molecule has 0 fully saturated rings. The molecule has 0 unspecified atom stereocenters. The van der Waals surface area contributed by atoms with E-state index in [2.05, 4.69) is 6.58 Å². The summed E-state index contributed by atoms with van der Waals surface area (Å²) in [5, 5.41) is 18.7. The Morgan fingerprint density at radius 1 is 1.56 bits per heavy atom. The first-order valence-electron chi connectivity index (χ1n) is 5.01. The minimum Gasteiger partial charge on any atom is -0.504 e. The van der Waals surface area contributed by atoms with E-state index in [0.29, 0.717) is 17.7 Å². The molecule has 0 aliphatic carbocycles. The van der Waals surface area contributed by atoms with E-state index in [4.69, 9.17) is 15.6 Å². The van der Waals surface area contributed by atoms with Crippen LogP contribution in [-0.4, -0.2) is 23.9 Å². The lowest BCUT2D eigenvalue weighted by Gasteiger charge is -2.16. The van der Waals surface area contributed by atoms with Crippen LogP contribution in [0.5, 0.6) is 11.5 Å². The van der Waals surface area contributed by atoms with E-state index in [1.807, 2.05) is 0 Å². The number of allylic oxidation sites excluding steroid dienone is 1. The van der Waals surface area contributed by atoms with Crippen LogP contribution in [0.25, 0.3) is 0 Å². The standard InChI is InChI=1S/C12H17NO3/c1-3-4-8-5-12(16-2)11(15)6-9(8)10(13)7-14/h3,5-6,10,14-15H,1,4,7,13H2,2H3/t10-/m1/s1. The van der Waals surface area contributed by atoms with Crippen molar-refractivity contribution in [3.8, 4) is 11.5 Å². The molecule has 0 spiro atoms. The maximum atomic E-state index is 9.64. The van der Waals surface area contributed by atoms with Crippen molar-refractivity contribution in [2.75, 3.05) is 13.7 Å². The maximum Gasteiger partial charge on any atom is 0.160 e. The van der Waals surface area contributed by atoms with Gasteiger partial charge in [-0.3, -0.25) is 0 Å². The number of phenolic OH excluding ortho intramolecular Hbond substituents is 1. The molecular formula is C12H17NO3. The zero-order valence-corrected chi connectivity index (χ0v) is 9.31. The number of aromatic hydroxyl groups is 1. The third-order valence-electron chi connectivity index (χ3n) is 2.40. The second-order valence-corrected chi connectivity index (χ2v) is 3.50. The molecular weight excluding hydrogens is 206 g/mol. The molecule has 0 aliphatic rings. The number of aliphatic hydroxyl groups excluding tert-OH is 1. The number of benzene rings is 1. The topological polar surface area (TPSA) is 75.7 Å². The Balaban J connectivity index is 3.23. The molecule has 1 aromatic carbocycles. The number of hydrogen-bond donors (Lipinski definition) is 3. The van der Waals surface area contributed by atoms with Crippen molar-refractivity contribution < 1.29 is 14.9 Å². The van der Waals surface area contributed by atoms with Crippen LogP contribution in [0.4, 0.5) is 0 Å². The SMILES string of the molecule is C=CCc1cc(OC)c(O)cc1[C@H](N)CO. The molecule has 88 valence electrons. The van der Waals surface area contributed by atoms with E-state index >= 15 is 0 Å². The predicted molar refractivity (Wildman–Crippen MR) is 62.6 cm³/mol. The molecule has 0 saturated heterocycles. The van der Waals surface area contributed by atoms with Crippen molar-refractivity contribution >= 4 is 0 Å². The van der Waals surface area contributed by atoms with Gasteiger partial charge >= 0.3 is 0 Å². The summed E-state index contributed by atoms with van der Waals surface area (Å²) >= 11 is 0. The number of nitrogens with two attached hydrogens (primary N) is 1. The second-order valence-electron chi connectivity index (χ2n) is 3.50. The van der Waals surface area contributed by atoms with Gasteiger partial charge in [-0.1, -0.05) is 6.08 Å². The van der Waals surface area contributed by atoms with Crippen molar-refractivity contribution in [1.82, 2.24) is 0 Å². The first kappa shape index (κ1) is 12.5. The Bertz CT molecular complexity index is 377. The Kier molecular flexibility index (Phi) is 4.34. The van der Waals surface area contributed by atoms with E-state index in [-0.39, 0.29) is 12.4 Å². The number of ether oxygens (including phenoxy) is 1. The molecule has 0 aliphatic heterocycles. The van der Waals surface area contributed by atoms with Gasteiger partial charge in [0.1, 0.15) is 0 Å². The molecule has 1 aromatic rings. The molecule has 1 atom stereocenters. The Morgan fingerprint density at radius 2 is 2.25 bits per heavy atom. The Labute approximate surface area is 95.0 Å². The van der Waals surface area contributed by atoms with E-state index in [1.54, 1.807) is 12.1 Å². The van der Waals surface area contributed by atoms with Gasteiger partial charge < -0.3 is 20.7 Å². The van der Waals surface area contributed by atoms with Crippen molar-refractivity contribution in [3.05, 3.63) is 35.9 Å². The lowest BCUT2D eigenvalue weighted by atomic mass is 9.98. The molecule has 4 nitrogen and oxygen atoms in total. The molecule has 0 bridgehead atoms. The van der Waals surface area contributed by atoms with Gasteiger partial charge in [-0.05, 0) is 29.7 Å². The first-order chi connectivity index (χ1) is 7.63. The molecule has 16 heavy (non-hydrogen) atoms. The third kappa shape index (κ3) is 2.53. The highest BCUT2D eigenvalue weighted by Gasteiger charge is 2.14. The average molecular weight is 223 g/mol. The zero-order chi connectivity index (χ0) is 12.1. The molecule has 0 amide bonds. The van der Waals surface area contributed by atoms with Crippen molar-refractivity contribution in [3.63, 3.8) is 0 Å². The van der Waals surface area contributed by atoms with Crippen molar-refractivity contribution in [1.29, 1.82) is 0 Å². The lowest BCUT2D eigenvalue weighted by molar-refractivity contribution is 0.267. The summed E-state index contributed by atoms with van der Waals surface area (Å²) in [5.74, 6) is 0.417. The van der Waals surface area contributed by atoms with Gasteiger partial charge in [0.15, 0.2) is 11.5 Å². The number of phenols is 1. The van der Waals surface area contributed by atoms with Gasteiger partial charge in [-0.25, -0.2) is 0 Å².